The van der Waals surface area contributed by atoms with E-state index >= 15 is 0 Å². The summed E-state index contributed by atoms with van der Waals surface area (Å²) in [5.41, 5.74) is 9.67. The molecule has 3 aliphatic rings. The van der Waals surface area contributed by atoms with Crippen LogP contribution in [0.3, 0.4) is 0 Å². The van der Waals surface area contributed by atoms with E-state index in [1.165, 1.54) is 18.3 Å². The lowest BCUT2D eigenvalue weighted by Gasteiger charge is -2.43. The van der Waals surface area contributed by atoms with E-state index in [1.54, 1.807) is 16.6 Å². The van der Waals surface area contributed by atoms with Crippen LogP contribution in [0.15, 0.2) is 36.5 Å². The Morgan fingerprint density at radius 2 is 1.95 bits per heavy atom. The van der Waals surface area contributed by atoms with Crippen LogP contribution in [0.5, 0.6) is 0 Å². The van der Waals surface area contributed by atoms with Gasteiger partial charge in [-0.2, -0.15) is 5.10 Å². The minimum Gasteiger partial charge on any atom is -0.379 e. The summed E-state index contributed by atoms with van der Waals surface area (Å²) in [5, 5.41) is 8.22. The molecule has 2 amide bonds. The lowest BCUT2D eigenvalue weighted by molar-refractivity contribution is -0.121. The van der Waals surface area contributed by atoms with Crippen molar-refractivity contribution in [1.82, 2.24) is 24.7 Å². The average Bonchev–Trinajstić information content (AvgIpc) is 3.51. The highest BCUT2D eigenvalue weighted by Gasteiger charge is 2.43. The molecular formula is C32H42FN7O3. The third-order valence-electron chi connectivity index (χ3n) is 9.21. The SMILES string of the molecule is C[C@@H]1CN(CC(=O)N2CC(C)(C)c3c2cc(Cc2ccc(F)cc2)c2c(C(N)=O)cnn32)[C@@H](CN2CCOC[C@H]2C)CN1. The number of carbonyl (C=O) groups is 2. The molecule has 3 atom stereocenters. The molecule has 10 nitrogen and oxygen atoms in total. The van der Waals surface area contributed by atoms with Crippen LogP contribution in [0, 0.1) is 5.82 Å². The van der Waals surface area contributed by atoms with Crippen LogP contribution in [0.1, 0.15) is 54.9 Å². The van der Waals surface area contributed by atoms with Gasteiger partial charge in [0.1, 0.15) is 5.82 Å². The number of amides is 2. The van der Waals surface area contributed by atoms with Gasteiger partial charge in [-0.1, -0.05) is 26.0 Å². The summed E-state index contributed by atoms with van der Waals surface area (Å²) >= 11 is 0. The molecule has 2 aromatic heterocycles. The van der Waals surface area contributed by atoms with Crippen LogP contribution in [-0.2, 0) is 21.4 Å². The molecule has 0 radical (unpaired) electrons. The molecule has 0 unspecified atom stereocenters. The lowest BCUT2D eigenvalue weighted by Crippen LogP contribution is -2.62. The zero-order chi connectivity index (χ0) is 30.5. The highest BCUT2D eigenvalue weighted by molar-refractivity contribution is 6.02. The number of nitrogens with zero attached hydrogens (tertiary/aromatic N) is 5. The summed E-state index contributed by atoms with van der Waals surface area (Å²) in [6.07, 6.45) is 1.94. The minimum atomic E-state index is -0.563. The van der Waals surface area contributed by atoms with Crippen molar-refractivity contribution in [2.24, 2.45) is 5.73 Å². The van der Waals surface area contributed by atoms with Gasteiger partial charge in [0.15, 0.2) is 0 Å². The largest absolute Gasteiger partial charge is 0.379 e. The van der Waals surface area contributed by atoms with Gasteiger partial charge in [0.05, 0.1) is 48.4 Å². The molecule has 3 N–H and O–H groups in total. The molecule has 0 spiro atoms. The Balaban J connectivity index is 1.34. The first-order valence-electron chi connectivity index (χ1n) is 15.2. The molecule has 1 aromatic carbocycles. The van der Waals surface area contributed by atoms with Crippen molar-refractivity contribution < 1.29 is 18.7 Å². The van der Waals surface area contributed by atoms with Crippen molar-refractivity contribution in [2.45, 2.75) is 57.7 Å². The zero-order valence-electron chi connectivity index (χ0n) is 25.5. The fraction of sp³-hybridized carbons (Fsp3) is 0.531. The molecule has 3 aromatic rings. The lowest BCUT2D eigenvalue weighted by atomic mass is 9.90. The molecule has 5 heterocycles. The fourth-order valence-corrected chi connectivity index (χ4v) is 6.96. The van der Waals surface area contributed by atoms with E-state index in [-0.39, 0.29) is 23.8 Å². The van der Waals surface area contributed by atoms with E-state index in [1.807, 2.05) is 11.0 Å². The number of ether oxygens (including phenoxy) is 1. The smallest absolute Gasteiger partial charge is 0.252 e. The van der Waals surface area contributed by atoms with Crippen LogP contribution in [0.4, 0.5) is 10.1 Å². The second kappa shape index (κ2) is 11.6. The standard InChI is InChI=1S/C32H42FN7O3/c1-20-15-38(25(13-35-20)16-37-9-10-43-18-21(37)2)17-28(41)39-19-32(3,4)30-27(39)12-23(11-22-5-7-24(33)8-6-22)29-26(31(34)42)14-36-40(29)30/h5-8,12,14,20-21,25,35H,9-11,13,15-19H2,1-4H3,(H2,34,42)/t20-,21-,25-/m1/s1. The van der Waals surface area contributed by atoms with E-state index < -0.39 is 11.3 Å². The Labute approximate surface area is 251 Å². The number of hydrogen-bond acceptors (Lipinski definition) is 7. The molecule has 11 heteroatoms. The van der Waals surface area contributed by atoms with Gasteiger partial charge in [0.2, 0.25) is 5.91 Å². The average molecular weight is 592 g/mol. The number of carbonyl (C=O) groups excluding carboxylic acids is 2. The van der Waals surface area contributed by atoms with Crippen molar-refractivity contribution in [3.05, 3.63) is 64.7 Å². The van der Waals surface area contributed by atoms with E-state index in [0.29, 0.717) is 36.6 Å². The minimum absolute atomic E-state index is 0.0373. The summed E-state index contributed by atoms with van der Waals surface area (Å²) in [4.78, 5) is 33.3. The molecular weight excluding hydrogens is 549 g/mol. The predicted molar refractivity (Wildman–Crippen MR) is 163 cm³/mol. The number of pyridine rings is 1. The number of aromatic nitrogens is 2. The number of fused-ring (bicyclic) bond motifs is 3. The van der Waals surface area contributed by atoms with E-state index in [9.17, 15) is 14.0 Å². The van der Waals surface area contributed by atoms with Crippen LogP contribution >= 0.6 is 0 Å². The summed E-state index contributed by atoms with van der Waals surface area (Å²) in [5.74, 6) is -0.838. The summed E-state index contributed by atoms with van der Waals surface area (Å²) in [6.45, 7) is 14.2. The quantitative estimate of drug-likeness (QED) is 0.434. The Bertz CT molecular complexity index is 1520. The number of hydrogen-bond donors (Lipinski definition) is 2. The predicted octanol–water partition coefficient (Wildman–Crippen LogP) is 2.17. The van der Waals surface area contributed by atoms with Gasteiger partial charge in [-0.15, -0.1) is 0 Å². The number of anilines is 1. The molecule has 0 bridgehead atoms. The molecule has 230 valence electrons. The van der Waals surface area contributed by atoms with E-state index in [4.69, 9.17) is 10.5 Å². The van der Waals surface area contributed by atoms with Crippen molar-refractivity contribution in [2.75, 3.05) is 57.4 Å². The van der Waals surface area contributed by atoms with Crippen molar-refractivity contribution in [3.8, 4) is 0 Å². The Morgan fingerprint density at radius 1 is 1.19 bits per heavy atom. The summed E-state index contributed by atoms with van der Waals surface area (Å²) in [7, 11) is 0. The van der Waals surface area contributed by atoms with Crippen molar-refractivity contribution in [3.63, 3.8) is 0 Å². The van der Waals surface area contributed by atoms with Gasteiger partial charge in [0, 0.05) is 56.3 Å². The summed E-state index contributed by atoms with van der Waals surface area (Å²) in [6, 6.07) is 9.14. The third kappa shape index (κ3) is 5.78. The fourth-order valence-electron chi connectivity index (χ4n) is 6.96. The maximum Gasteiger partial charge on any atom is 0.252 e. The number of piperazine rings is 1. The van der Waals surface area contributed by atoms with Crippen LogP contribution < -0.4 is 16.0 Å². The second-order valence-electron chi connectivity index (χ2n) is 13.1. The monoisotopic (exact) mass is 591 g/mol. The topological polar surface area (TPSA) is 108 Å². The highest BCUT2D eigenvalue weighted by atomic mass is 19.1. The molecule has 0 aliphatic carbocycles. The number of nitrogens with one attached hydrogen (secondary N) is 1. The normalized spacial score (nSPS) is 24.4. The first-order valence-corrected chi connectivity index (χ1v) is 15.2. The number of halogens is 1. The third-order valence-corrected chi connectivity index (χ3v) is 9.21. The number of morpholine rings is 1. The number of primary amides is 1. The van der Waals surface area contributed by atoms with Crippen molar-refractivity contribution >= 4 is 23.0 Å². The number of nitrogens with two attached hydrogens (primary N) is 1. The molecule has 2 fully saturated rings. The first kappa shape index (κ1) is 29.7. The van der Waals surface area contributed by atoms with Crippen LogP contribution in [0.2, 0.25) is 0 Å². The Kier molecular flexibility index (Phi) is 8.01. The molecule has 0 saturated carbocycles. The second-order valence-corrected chi connectivity index (χ2v) is 13.1. The Hall–Kier alpha value is -3.38. The van der Waals surface area contributed by atoms with E-state index in [2.05, 4.69) is 47.9 Å². The maximum atomic E-state index is 14.2. The van der Waals surface area contributed by atoms with Gasteiger partial charge >= 0.3 is 0 Å². The molecule has 2 saturated heterocycles. The number of rotatable bonds is 7. The van der Waals surface area contributed by atoms with Crippen molar-refractivity contribution in [1.29, 1.82) is 0 Å². The zero-order valence-corrected chi connectivity index (χ0v) is 25.5. The van der Waals surface area contributed by atoms with Gasteiger partial charge in [-0.25, -0.2) is 8.91 Å². The van der Waals surface area contributed by atoms with Crippen LogP contribution in [0.25, 0.3) is 5.52 Å². The molecule has 3 aliphatic heterocycles. The van der Waals surface area contributed by atoms with Gasteiger partial charge in [-0.05, 0) is 49.6 Å². The van der Waals surface area contributed by atoms with Gasteiger partial charge in [-0.3, -0.25) is 19.4 Å². The molecule has 6 rings (SSSR count). The van der Waals surface area contributed by atoms with Gasteiger partial charge in [0.25, 0.3) is 5.91 Å². The summed E-state index contributed by atoms with van der Waals surface area (Å²) < 4.78 is 21.1. The van der Waals surface area contributed by atoms with Gasteiger partial charge < -0.3 is 20.7 Å². The first-order chi connectivity index (χ1) is 20.5. The maximum absolute atomic E-state index is 14.2. The highest BCUT2D eigenvalue weighted by Crippen LogP contribution is 2.43. The molecule has 43 heavy (non-hydrogen) atoms. The van der Waals surface area contributed by atoms with E-state index in [0.717, 1.165) is 61.9 Å². The Morgan fingerprint density at radius 3 is 2.67 bits per heavy atom. The van der Waals surface area contributed by atoms with Crippen LogP contribution in [-0.4, -0.2) is 102 Å². The number of benzene rings is 1.